The van der Waals surface area contributed by atoms with Gasteiger partial charge in [0.25, 0.3) is 0 Å². The van der Waals surface area contributed by atoms with Gasteiger partial charge in [0.2, 0.25) is 0 Å². The quantitative estimate of drug-likeness (QED) is 0.467. The predicted molar refractivity (Wildman–Crippen MR) is 50.1 cm³/mol. The molecule has 11 heavy (non-hydrogen) atoms. The first-order valence-corrected chi connectivity index (χ1v) is 4.79. The zero-order valence-corrected chi connectivity index (χ0v) is 7.69. The van der Waals surface area contributed by atoms with E-state index in [2.05, 4.69) is 11.5 Å². The zero-order chi connectivity index (χ0) is 8.10. The summed E-state index contributed by atoms with van der Waals surface area (Å²) >= 11 is 5.77. The van der Waals surface area contributed by atoms with E-state index in [0.29, 0.717) is 0 Å². The van der Waals surface area contributed by atoms with Gasteiger partial charge in [0.15, 0.2) is 0 Å². The third-order valence-electron chi connectivity index (χ3n) is 2.31. The third-order valence-corrected chi connectivity index (χ3v) is 2.75. The van der Waals surface area contributed by atoms with Crippen LogP contribution in [0.1, 0.15) is 12.8 Å². The molecule has 0 amide bonds. The maximum atomic E-state index is 5.77. The SMILES string of the molecule is C=CCN1CCC(CCl)CC1. The van der Waals surface area contributed by atoms with E-state index in [1.165, 1.54) is 25.9 Å². The van der Waals surface area contributed by atoms with Gasteiger partial charge >= 0.3 is 0 Å². The average Bonchev–Trinajstić information content (AvgIpc) is 2.07. The van der Waals surface area contributed by atoms with Crippen LogP contribution >= 0.6 is 11.6 Å². The van der Waals surface area contributed by atoms with E-state index in [4.69, 9.17) is 11.6 Å². The lowest BCUT2D eigenvalue weighted by Crippen LogP contribution is -2.34. The topological polar surface area (TPSA) is 3.24 Å². The molecule has 0 N–H and O–H groups in total. The van der Waals surface area contributed by atoms with Crippen LogP contribution in [0.25, 0.3) is 0 Å². The van der Waals surface area contributed by atoms with Gasteiger partial charge in [-0.25, -0.2) is 0 Å². The van der Waals surface area contributed by atoms with E-state index < -0.39 is 0 Å². The summed E-state index contributed by atoms with van der Waals surface area (Å²) < 4.78 is 0. The van der Waals surface area contributed by atoms with Crippen molar-refractivity contribution < 1.29 is 0 Å². The molecular formula is C9H16ClN. The molecule has 64 valence electrons. The van der Waals surface area contributed by atoms with E-state index in [9.17, 15) is 0 Å². The molecule has 0 aromatic rings. The number of likely N-dealkylation sites (tertiary alicyclic amines) is 1. The fraction of sp³-hybridized carbons (Fsp3) is 0.778. The van der Waals surface area contributed by atoms with Gasteiger partial charge in [-0.3, -0.25) is 4.90 Å². The minimum atomic E-state index is 0.762. The zero-order valence-electron chi connectivity index (χ0n) is 6.93. The molecule has 0 saturated carbocycles. The molecule has 1 heterocycles. The molecule has 0 bridgehead atoms. The second-order valence-electron chi connectivity index (χ2n) is 3.19. The number of alkyl halides is 1. The van der Waals surface area contributed by atoms with Crippen molar-refractivity contribution in [3.05, 3.63) is 12.7 Å². The highest BCUT2D eigenvalue weighted by Gasteiger charge is 2.16. The molecule has 0 aromatic heterocycles. The maximum Gasteiger partial charge on any atom is 0.0252 e. The molecule has 2 heteroatoms. The van der Waals surface area contributed by atoms with Crippen molar-refractivity contribution >= 4 is 11.6 Å². The summed E-state index contributed by atoms with van der Waals surface area (Å²) in [6, 6.07) is 0. The van der Waals surface area contributed by atoms with Gasteiger partial charge in [0.1, 0.15) is 0 Å². The predicted octanol–water partition coefficient (Wildman–Crippen LogP) is 2.12. The fourth-order valence-corrected chi connectivity index (χ4v) is 1.81. The molecule has 1 fully saturated rings. The largest absolute Gasteiger partial charge is 0.300 e. The Morgan fingerprint density at radius 1 is 1.45 bits per heavy atom. The standard InChI is InChI=1S/C9H16ClN/c1-2-5-11-6-3-9(8-10)4-7-11/h2,9H,1,3-8H2. The van der Waals surface area contributed by atoms with Gasteiger partial charge in [-0.05, 0) is 31.8 Å². The van der Waals surface area contributed by atoms with Gasteiger partial charge in [-0.1, -0.05) is 6.08 Å². The van der Waals surface area contributed by atoms with Crippen molar-refractivity contribution in [3.63, 3.8) is 0 Å². The number of piperidine rings is 1. The minimum Gasteiger partial charge on any atom is -0.300 e. The van der Waals surface area contributed by atoms with Crippen LogP contribution < -0.4 is 0 Å². The monoisotopic (exact) mass is 173 g/mol. The summed E-state index contributed by atoms with van der Waals surface area (Å²) in [6.45, 7) is 7.16. The van der Waals surface area contributed by atoms with Crippen molar-refractivity contribution in [2.24, 2.45) is 5.92 Å². The first kappa shape index (κ1) is 9.08. The number of hydrogen-bond donors (Lipinski definition) is 0. The van der Waals surface area contributed by atoms with E-state index in [1.807, 2.05) is 6.08 Å². The van der Waals surface area contributed by atoms with Crippen LogP contribution in [0.2, 0.25) is 0 Å². The Morgan fingerprint density at radius 3 is 2.55 bits per heavy atom. The van der Waals surface area contributed by atoms with Crippen molar-refractivity contribution in [2.75, 3.05) is 25.5 Å². The lowest BCUT2D eigenvalue weighted by Gasteiger charge is -2.29. The summed E-state index contributed by atoms with van der Waals surface area (Å²) in [4.78, 5) is 2.43. The van der Waals surface area contributed by atoms with E-state index in [-0.39, 0.29) is 0 Å². The molecular weight excluding hydrogens is 158 g/mol. The Bertz CT molecular complexity index is 117. The Morgan fingerprint density at radius 2 is 2.09 bits per heavy atom. The van der Waals surface area contributed by atoms with Crippen LogP contribution in [0.15, 0.2) is 12.7 Å². The van der Waals surface area contributed by atoms with Crippen molar-refractivity contribution in [3.8, 4) is 0 Å². The summed E-state index contributed by atoms with van der Waals surface area (Å²) in [5.74, 6) is 1.60. The lowest BCUT2D eigenvalue weighted by molar-refractivity contribution is 0.212. The van der Waals surface area contributed by atoms with Crippen LogP contribution in [0.3, 0.4) is 0 Å². The van der Waals surface area contributed by atoms with Gasteiger partial charge in [-0.15, -0.1) is 18.2 Å². The molecule has 1 saturated heterocycles. The highest BCUT2D eigenvalue weighted by molar-refractivity contribution is 6.18. The van der Waals surface area contributed by atoms with E-state index in [0.717, 1.165) is 18.3 Å². The van der Waals surface area contributed by atoms with Crippen LogP contribution in [0.4, 0.5) is 0 Å². The summed E-state index contributed by atoms with van der Waals surface area (Å²) in [6.07, 6.45) is 4.50. The van der Waals surface area contributed by atoms with Gasteiger partial charge in [0, 0.05) is 12.4 Å². The van der Waals surface area contributed by atoms with Crippen LogP contribution in [0.5, 0.6) is 0 Å². The van der Waals surface area contributed by atoms with Crippen molar-refractivity contribution in [1.29, 1.82) is 0 Å². The Balaban J connectivity index is 2.18. The summed E-state index contributed by atoms with van der Waals surface area (Å²) in [7, 11) is 0. The Kier molecular flexibility index (Phi) is 3.95. The molecule has 0 aliphatic carbocycles. The molecule has 0 aromatic carbocycles. The van der Waals surface area contributed by atoms with Crippen LogP contribution in [-0.4, -0.2) is 30.4 Å². The molecule has 0 atom stereocenters. The number of nitrogens with zero attached hydrogens (tertiary/aromatic N) is 1. The van der Waals surface area contributed by atoms with Crippen molar-refractivity contribution in [2.45, 2.75) is 12.8 Å². The number of rotatable bonds is 3. The van der Waals surface area contributed by atoms with E-state index in [1.54, 1.807) is 0 Å². The Labute approximate surface area is 74.0 Å². The minimum absolute atomic E-state index is 0.762. The first-order chi connectivity index (χ1) is 5.36. The molecule has 1 aliphatic rings. The molecule has 0 radical (unpaired) electrons. The smallest absolute Gasteiger partial charge is 0.0252 e. The molecule has 0 spiro atoms. The lowest BCUT2D eigenvalue weighted by atomic mass is 9.99. The average molecular weight is 174 g/mol. The second kappa shape index (κ2) is 4.78. The van der Waals surface area contributed by atoms with E-state index >= 15 is 0 Å². The molecule has 1 aliphatic heterocycles. The highest BCUT2D eigenvalue weighted by Crippen LogP contribution is 2.17. The van der Waals surface area contributed by atoms with Crippen molar-refractivity contribution in [1.82, 2.24) is 4.90 Å². The van der Waals surface area contributed by atoms with Gasteiger partial charge < -0.3 is 0 Å². The molecule has 1 rings (SSSR count). The van der Waals surface area contributed by atoms with Gasteiger partial charge in [0.05, 0.1) is 0 Å². The summed E-state index contributed by atoms with van der Waals surface area (Å²) in [5, 5.41) is 0. The fourth-order valence-electron chi connectivity index (χ4n) is 1.51. The second-order valence-corrected chi connectivity index (χ2v) is 3.50. The molecule has 1 nitrogen and oxygen atoms in total. The molecule has 0 unspecified atom stereocenters. The number of hydrogen-bond acceptors (Lipinski definition) is 1. The van der Waals surface area contributed by atoms with Crippen LogP contribution in [-0.2, 0) is 0 Å². The first-order valence-electron chi connectivity index (χ1n) is 4.26. The Hall–Kier alpha value is -0.0100. The summed E-state index contributed by atoms with van der Waals surface area (Å²) in [5.41, 5.74) is 0. The third kappa shape index (κ3) is 2.84. The van der Waals surface area contributed by atoms with Crippen LogP contribution in [0, 0.1) is 5.92 Å². The van der Waals surface area contributed by atoms with Gasteiger partial charge in [-0.2, -0.15) is 0 Å². The maximum absolute atomic E-state index is 5.77. The number of halogens is 1. The normalized spacial score (nSPS) is 21.9. The highest BCUT2D eigenvalue weighted by atomic mass is 35.5.